The van der Waals surface area contributed by atoms with Crippen LogP contribution in [-0.2, 0) is 11.8 Å². The van der Waals surface area contributed by atoms with Crippen LogP contribution in [0.1, 0.15) is 45.4 Å². The van der Waals surface area contributed by atoms with Crippen LogP contribution in [0.4, 0.5) is 10.6 Å². The molecule has 1 N–H and O–H groups in total. The van der Waals surface area contributed by atoms with Crippen LogP contribution in [0.5, 0.6) is 0 Å². The van der Waals surface area contributed by atoms with Gasteiger partial charge in [0.2, 0.25) is 0 Å². The van der Waals surface area contributed by atoms with E-state index in [0.29, 0.717) is 11.9 Å². The quantitative estimate of drug-likeness (QED) is 0.927. The van der Waals surface area contributed by atoms with Gasteiger partial charge in [-0.05, 0) is 26.2 Å². The van der Waals surface area contributed by atoms with E-state index in [1.54, 1.807) is 4.68 Å². The molecule has 1 heterocycles. The Morgan fingerprint density at radius 2 is 2.22 bits per heavy atom. The minimum Gasteiger partial charge on any atom is -0.378 e. The maximum absolute atomic E-state index is 12.6. The molecule has 2 saturated carbocycles. The van der Waals surface area contributed by atoms with Crippen LogP contribution >= 0.6 is 0 Å². The van der Waals surface area contributed by atoms with Gasteiger partial charge in [-0.25, -0.2) is 4.79 Å². The minimum atomic E-state index is -0.0754. The van der Waals surface area contributed by atoms with E-state index < -0.39 is 0 Å². The monoisotopic (exact) mass is 320 g/mol. The number of nitrogens with zero attached hydrogens (tertiary/aromatic N) is 3. The third-order valence-electron chi connectivity index (χ3n) is 5.63. The van der Waals surface area contributed by atoms with Gasteiger partial charge >= 0.3 is 6.03 Å². The van der Waals surface area contributed by atoms with E-state index in [9.17, 15) is 4.79 Å². The molecule has 128 valence electrons. The zero-order chi connectivity index (χ0) is 16.4. The van der Waals surface area contributed by atoms with Gasteiger partial charge in [0, 0.05) is 44.4 Å². The summed E-state index contributed by atoms with van der Waals surface area (Å²) in [6.07, 6.45) is 9.21. The Hall–Kier alpha value is -1.56. The molecule has 3 rings (SSSR count). The summed E-state index contributed by atoms with van der Waals surface area (Å²) < 4.78 is 7.67. The lowest BCUT2D eigenvalue weighted by molar-refractivity contribution is -0.169. The molecular weight excluding hydrogens is 292 g/mol. The first-order valence-electron chi connectivity index (χ1n) is 8.72. The highest BCUT2D eigenvalue weighted by molar-refractivity contribution is 5.88. The zero-order valence-electron chi connectivity index (χ0n) is 14.4. The SMILES string of the molecule is CCO[C@@H]1C[C@@H](N(C)C(=O)Nc2ccn(C)n2)C12CCCCC2. The van der Waals surface area contributed by atoms with Crippen molar-refractivity contribution in [2.24, 2.45) is 12.5 Å². The molecule has 0 bridgehead atoms. The van der Waals surface area contributed by atoms with Crippen molar-refractivity contribution in [1.29, 1.82) is 0 Å². The fraction of sp³-hybridized carbons (Fsp3) is 0.765. The highest BCUT2D eigenvalue weighted by atomic mass is 16.5. The van der Waals surface area contributed by atoms with Gasteiger partial charge < -0.3 is 9.64 Å². The highest BCUT2D eigenvalue weighted by Crippen LogP contribution is 2.55. The normalized spacial score (nSPS) is 25.9. The van der Waals surface area contributed by atoms with Gasteiger partial charge in [0.25, 0.3) is 0 Å². The molecule has 1 aromatic heterocycles. The molecule has 0 saturated heterocycles. The Morgan fingerprint density at radius 3 is 2.83 bits per heavy atom. The summed E-state index contributed by atoms with van der Waals surface area (Å²) in [6, 6.07) is 2.00. The smallest absolute Gasteiger partial charge is 0.323 e. The second kappa shape index (κ2) is 6.51. The van der Waals surface area contributed by atoms with Crippen molar-refractivity contribution in [2.75, 3.05) is 19.0 Å². The Morgan fingerprint density at radius 1 is 1.48 bits per heavy atom. The lowest BCUT2D eigenvalue weighted by Crippen LogP contribution is -2.66. The third-order valence-corrected chi connectivity index (χ3v) is 5.63. The largest absolute Gasteiger partial charge is 0.378 e. The summed E-state index contributed by atoms with van der Waals surface area (Å²) in [4.78, 5) is 14.4. The van der Waals surface area contributed by atoms with Crippen molar-refractivity contribution in [3.63, 3.8) is 0 Å². The summed E-state index contributed by atoms with van der Waals surface area (Å²) in [6.45, 7) is 2.81. The Bertz CT molecular complexity index is 551. The predicted octanol–water partition coefficient (Wildman–Crippen LogP) is 3.01. The van der Waals surface area contributed by atoms with Crippen LogP contribution in [0.2, 0.25) is 0 Å². The number of ether oxygens (including phenoxy) is 1. The van der Waals surface area contributed by atoms with Crippen molar-refractivity contribution in [2.45, 2.75) is 57.6 Å². The molecule has 1 spiro atoms. The number of aryl methyl sites for hydroxylation is 1. The Labute approximate surface area is 138 Å². The number of hydrogen-bond donors (Lipinski definition) is 1. The van der Waals surface area contributed by atoms with Crippen molar-refractivity contribution >= 4 is 11.8 Å². The average Bonchev–Trinajstić information content (AvgIpc) is 2.96. The van der Waals surface area contributed by atoms with E-state index in [-0.39, 0.29) is 17.5 Å². The maximum atomic E-state index is 12.6. The number of amides is 2. The summed E-state index contributed by atoms with van der Waals surface area (Å²) in [5.41, 5.74) is 0.157. The van der Waals surface area contributed by atoms with Crippen molar-refractivity contribution < 1.29 is 9.53 Å². The Kier molecular flexibility index (Phi) is 4.62. The number of carbonyl (C=O) groups is 1. The van der Waals surface area contributed by atoms with Crippen LogP contribution in [0.3, 0.4) is 0 Å². The molecule has 2 aliphatic rings. The number of anilines is 1. The van der Waals surface area contributed by atoms with E-state index in [1.165, 1.54) is 32.1 Å². The maximum Gasteiger partial charge on any atom is 0.323 e. The number of urea groups is 1. The first-order chi connectivity index (χ1) is 11.1. The summed E-state index contributed by atoms with van der Waals surface area (Å²) in [5.74, 6) is 0.600. The van der Waals surface area contributed by atoms with Gasteiger partial charge in [-0.3, -0.25) is 10.00 Å². The van der Waals surface area contributed by atoms with Gasteiger partial charge in [-0.2, -0.15) is 5.10 Å². The van der Waals surface area contributed by atoms with E-state index in [2.05, 4.69) is 17.3 Å². The molecular formula is C17H28N4O2. The molecule has 0 aliphatic heterocycles. The van der Waals surface area contributed by atoms with Crippen LogP contribution in [0.15, 0.2) is 12.3 Å². The van der Waals surface area contributed by atoms with E-state index >= 15 is 0 Å². The lowest BCUT2D eigenvalue weighted by atomic mass is 9.54. The lowest BCUT2D eigenvalue weighted by Gasteiger charge is -2.60. The average molecular weight is 320 g/mol. The standard InChI is InChI=1S/C17H28N4O2/c1-4-23-14-12-13(17(14)9-6-5-7-10-17)21(3)16(22)18-15-8-11-20(2)19-15/h8,11,13-14H,4-7,9-10,12H2,1-3H3,(H,18,19,22)/t13-,14-/m1/s1. The predicted molar refractivity (Wildman–Crippen MR) is 89.3 cm³/mol. The van der Waals surface area contributed by atoms with Crippen molar-refractivity contribution in [3.05, 3.63) is 12.3 Å². The number of carbonyl (C=O) groups excluding carboxylic acids is 1. The Balaban J connectivity index is 1.68. The van der Waals surface area contributed by atoms with Crippen LogP contribution < -0.4 is 5.32 Å². The molecule has 2 fully saturated rings. The molecule has 0 unspecified atom stereocenters. The summed E-state index contributed by atoms with van der Waals surface area (Å²) in [7, 11) is 3.75. The number of rotatable bonds is 4. The first-order valence-corrected chi connectivity index (χ1v) is 8.72. The number of aromatic nitrogens is 2. The molecule has 2 atom stereocenters. The molecule has 1 aromatic rings. The van der Waals surface area contributed by atoms with Crippen LogP contribution in [0.25, 0.3) is 0 Å². The number of nitrogens with one attached hydrogen (secondary N) is 1. The molecule has 0 radical (unpaired) electrons. The summed E-state index contributed by atoms with van der Waals surface area (Å²) >= 11 is 0. The first kappa shape index (κ1) is 16.3. The van der Waals surface area contributed by atoms with Crippen molar-refractivity contribution in [1.82, 2.24) is 14.7 Å². The van der Waals surface area contributed by atoms with Crippen LogP contribution in [0, 0.1) is 5.41 Å². The topological polar surface area (TPSA) is 59.4 Å². The van der Waals surface area contributed by atoms with Gasteiger partial charge in [0.05, 0.1) is 6.10 Å². The zero-order valence-corrected chi connectivity index (χ0v) is 14.4. The van der Waals surface area contributed by atoms with E-state index in [0.717, 1.165) is 13.0 Å². The van der Waals surface area contributed by atoms with E-state index in [1.807, 2.05) is 31.3 Å². The van der Waals surface area contributed by atoms with Gasteiger partial charge in [-0.15, -0.1) is 0 Å². The van der Waals surface area contributed by atoms with Crippen molar-refractivity contribution in [3.8, 4) is 0 Å². The summed E-state index contributed by atoms with van der Waals surface area (Å²) in [5, 5.41) is 7.11. The van der Waals surface area contributed by atoms with Gasteiger partial charge in [-0.1, -0.05) is 19.3 Å². The molecule has 6 heteroatoms. The second-order valence-corrected chi connectivity index (χ2v) is 6.91. The molecule has 6 nitrogen and oxygen atoms in total. The molecule has 2 aliphatic carbocycles. The van der Waals surface area contributed by atoms with E-state index in [4.69, 9.17) is 4.74 Å². The molecule has 0 aromatic carbocycles. The second-order valence-electron chi connectivity index (χ2n) is 6.91. The minimum absolute atomic E-state index is 0.0754. The molecule has 23 heavy (non-hydrogen) atoms. The fourth-order valence-electron chi connectivity index (χ4n) is 4.39. The number of hydrogen-bond acceptors (Lipinski definition) is 3. The highest BCUT2D eigenvalue weighted by Gasteiger charge is 2.57. The van der Waals surface area contributed by atoms with Gasteiger partial charge in [0.15, 0.2) is 5.82 Å². The fourth-order valence-corrected chi connectivity index (χ4v) is 4.39. The van der Waals surface area contributed by atoms with Crippen LogP contribution in [-0.4, -0.2) is 46.5 Å². The third kappa shape index (κ3) is 2.96. The van der Waals surface area contributed by atoms with Gasteiger partial charge in [0.1, 0.15) is 0 Å². The molecule has 2 amide bonds.